The molecule has 1 saturated heterocycles. The molecule has 4 heterocycles. The first kappa shape index (κ1) is 34.7. The Bertz CT molecular complexity index is 2600. The molecule has 2 aromatic heterocycles. The molecule has 18 heteroatoms. The van der Waals surface area contributed by atoms with E-state index in [2.05, 4.69) is 12.1 Å². The third-order valence-corrected chi connectivity index (χ3v) is 13.2. The number of nitrogens with zero attached hydrogens (tertiary/aromatic N) is 4. The average molecular weight is 759 g/mol. The molecule has 2 aliphatic heterocycles. The Balaban J connectivity index is 1.76. The minimum atomic E-state index is -4.84. The van der Waals surface area contributed by atoms with Crippen molar-refractivity contribution in [1.82, 2.24) is 14.0 Å². The second kappa shape index (κ2) is 12.9. The number of anilines is 1. The van der Waals surface area contributed by atoms with Crippen LogP contribution in [-0.2, 0) is 32.1 Å². The van der Waals surface area contributed by atoms with E-state index in [1.807, 2.05) is 25.8 Å². The normalized spacial score (nSPS) is 18.1. The molecule has 49 heavy (non-hydrogen) atoms. The number of amides is 2. The summed E-state index contributed by atoms with van der Waals surface area (Å²) in [6.07, 6.45) is 1.80. The van der Waals surface area contributed by atoms with Crippen molar-refractivity contribution < 1.29 is 32.5 Å². The lowest BCUT2D eigenvalue weighted by molar-refractivity contribution is -0.137. The maximum atomic E-state index is 14.2. The molecule has 0 atom stereocenters. The Morgan fingerprint density at radius 3 is 2.16 bits per heavy atom. The van der Waals surface area contributed by atoms with Gasteiger partial charge in [0, 0.05) is 24.6 Å². The van der Waals surface area contributed by atoms with Gasteiger partial charge in [0.1, 0.15) is 29.8 Å². The molecular formula is C31H26N4O9S5. The smallest absolute Gasteiger partial charge is 0.323 e. The van der Waals surface area contributed by atoms with Crippen molar-refractivity contribution in [1.29, 1.82) is 0 Å². The Morgan fingerprint density at radius 2 is 1.55 bits per heavy atom. The summed E-state index contributed by atoms with van der Waals surface area (Å²) in [4.78, 5) is 68.7. The highest BCUT2D eigenvalue weighted by molar-refractivity contribution is 8.23. The van der Waals surface area contributed by atoms with Crippen LogP contribution in [0.4, 0.5) is 10.5 Å². The van der Waals surface area contributed by atoms with Crippen LogP contribution < -0.4 is 25.2 Å². The number of carboxylic acids is 1. The zero-order valence-corrected chi connectivity index (χ0v) is 30.2. The Labute approximate surface area is 294 Å². The Hall–Kier alpha value is -4.20. The van der Waals surface area contributed by atoms with Crippen LogP contribution in [0.2, 0.25) is 0 Å². The lowest BCUT2D eigenvalue weighted by Crippen LogP contribution is -2.32. The van der Waals surface area contributed by atoms with Gasteiger partial charge >= 0.3 is 5.97 Å². The summed E-state index contributed by atoms with van der Waals surface area (Å²) in [5, 5.41) is 9.73. The Kier molecular flexibility index (Phi) is 9.14. The van der Waals surface area contributed by atoms with E-state index in [-0.39, 0.29) is 23.3 Å². The van der Waals surface area contributed by atoms with Gasteiger partial charge in [-0.2, -0.15) is 8.42 Å². The lowest BCUT2D eigenvalue weighted by Gasteiger charge is -2.15. The first-order valence-corrected chi connectivity index (χ1v) is 19.1. The first-order valence-electron chi connectivity index (χ1n) is 14.2. The number of carbonyl (C=O) groups is 3. The van der Waals surface area contributed by atoms with E-state index in [1.54, 1.807) is 36.4 Å². The maximum absolute atomic E-state index is 14.2. The minimum Gasteiger partial charge on any atom is -0.480 e. The van der Waals surface area contributed by atoms with E-state index in [9.17, 15) is 42.0 Å². The predicted molar refractivity (Wildman–Crippen MR) is 190 cm³/mol. The van der Waals surface area contributed by atoms with Crippen LogP contribution in [0.5, 0.6) is 0 Å². The van der Waals surface area contributed by atoms with Crippen LogP contribution in [0.25, 0.3) is 10.5 Å². The fourth-order valence-electron chi connectivity index (χ4n) is 5.16. The largest absolute Gasteiger partial charge is 0.480 e. The number of aryl methyl sites for hydroxylation is 2. The Morgan fingerprint density at radius 1 is 0.878 bits per heavy atom. The maximum Gasteiger partial charge on any atom is 0.323 e. The van der Waals surface area contributed by atoms with Crippen LogP contribution in [0.3, 0.4) is 0 Å². The fraction of sp³-hybridized carbons (Fsp3) is 0.194. The van der Waals surface area contributed by atoms with E-state index >= 15 is 0 Å². The summed E-state index contributed by atoms with van der Waals surface area (Å²) in [5.41, 5.74) is 2.45. The van der Waals surface area contributed by atoms with Crippen molar-refractivity contribution in [2.24, 2.45) is 0 Å². The lowest BCUT2D eigenvalue weighted by atomic mass is 10.1. The molecular weight excluding hydrogens is 733 g/mol. The second-order valence-corrected chi connectivity index (χ2v) is 16.5. The number of aliphatic carboxylic acids is 1. The molecule has 2 amide bonds. The average Bonchev–Trinajstić information content (AvgIpc) is 3.70. The van der Waals surface area contributed by atoms with Crippen LogP contribution in [0.15, 0.2) is 68.1 Å². The number of rotatable bonds is 6. The van der Waals surface area contributed by atoms with Gasteiger partial charge < -0.3 is 10.0 Å². The van der Waals surface area contributed by atoms with Crippen molar-refractivity contribution in [2.75, 3.05) is 19.0 Å². The zero-order chi connectivity index (χ0) is 35.5. The van der Waals surface area contributed by atoms with Crippen molar-refractivity contribution in [2.45, 2.75) is 31.2 Å². The highest BCUT2D eigenvalue weighted by Gasteiger charge is 2.34. The minimum absolute atomic E-state index is 0.0442. The molecule has 1 fully saturated rings. The summed E-state index contributed by atoms with van der Waals surface area (Å²) in [5.74, 6) is -3.37. The highest BCUT2D eigenvalue weighted by Crippen LogP contribution is 2.46. The number of carboxylic acid groups (broad SMARTS) is 1. The molecule has 4 aromatic rings. The molecule has 2 aromatic carbocycles. The number of allylic oxidation sites excluding steroid dienone is 1. The van der Waals surface area contributed by atoms with Gasteiger partial charge in [-0.25, -0.2) is 0 Å². The van der Waals surface area contributed by atoms with Gasteiger partial charge in [-0.3, -0.25) is 42.6 Å². The molecule has 6 rings (SSSR count). The number of hydrogen-bond acceptors (Lipinski definition) is 12. The summed E-state index contributed by atoms with van der Waals surface area (Å²) >= 11 is 3.45. The van der Waals surface area contributed by atoms with E-state index in [0.717, 1.165) is 52.1 Å². The third kappa shape index (κ3) is 6.47. The molecule has 0 saturated carbocycles. The standard InChI is InChI=1S/C31H26N4O9S5/c1-15-10-19-20(11-16(15)2)45-21(32(19)3)12-18(17-8-6-5-7-9-17)23-27(39)35(14-49(42,43)44)30(46-23)25-28(40)34(13-22(36)37)29(47-25)24-26(38)33(4)31(41)48-24/h5-12H,13-14H2,1-4H3,(H,36,37)(H,42,43,44)/b21-12?,23-18-,29-24+,30-25+. The number of hydrogen-bond donors (Lipinski definition) is 2. The zero-order valence-electron chi connectivity index (χ0n) is 26.1. The van der Waals surface area contributed by atoms with Crippen LogP contribution in [0.1, 0.15) is 16.7 Å². The molecule has 0 radical (unpaired) electrons. The van der Waals surface area contributed by atoms with Crippen molar-refractivity contribution in [3.8, 4) is 0 Å². The number of carbonyl (C=O) groups excluding carboxylic acids is 2. The summed E-state index contributed by atoms with van der Waals surface area (Å²) in [6.45, 7) is 3.15. The number of aromatic nitrogens is 2. The van der Waals surface area contributed by atoms with E-state index in [4.69, 9.17) is 0 Å². The van der Waals surface area contributed by atoms with Crippen molar-refractivity contribution >= 4 is 89.6 Å². The fourth-order valence-corrected chi connectivity index (χ4v) is 10.4. The van der Waals surface area contributed by atoms with Crippen molar-refractivity contribution in [3.63, 3.8) is 0 Å². The number of thioether (sulfide) groups is 2. The number of thiazole rings is 2. The van der Waals surface area contributed by atoms with Crippen LogP contribution >= 0.6 is 46.2 Å². The van der Waals surface area contributed by atoms with Gasteiger partial charge in [0.05, 0.1) is 10.7 Å². The van der Waals surface area contributed by atoms with Crippen LogP contribution in [0, 0.1) is 23.0 Å². The van der Waals surface area contributed by atoms with Gasteiger partial charge in [0.25, 0.3) is 32.4 Å². The van der Waals surface area contributed by atoms with E-state index in [1.165, 1.54) is 18.8 Å². The third-order valence-electron chi connectivity index (χ3n) is 7.78. The van der Waals surface area contributed by atoms with Gasteiger partial charge in [-0.15, -0.1) is 22.7 Å². The summed E-state index contributed by atoms with van der Waals surface area (Å²) in [7, 11) is -1.71. The van der Waals surface area contributed by atoms with E-state index < -0.39 is 50.8 Å². The predicted octanol–water partition coefficient (Wildman–Crippen LogP) is 2.68. The molecule has 13 nitrogen and oxygen atoms in total. The summed E-state index contributed by atoms with van der Waals surface area (Å²) in [6, 6.07) is 13.0. The van der Waals surface area contributed by atoms with Gasteiger partial charge in [0.15, 0.2) is 5.88 Å². The first-order chi connectivity index (χ1) is 23.1. The molecule has 2 aliphatic rings. The second-order valence-electron chi connectivity index (χ2n) is 11.1. The number of fused-ring (bicyclic) bond motifs is 1. The van der Waals surface area contributed by atoms with Gasteiger partial charge in [-0.1, -0.05) is 42.1 Å². The summed E-state index contributed by atoms with van der Waals surface area (Å²) < 4.78 is 35.4. The monoisotopic (exact) mass is 758 g/mol. The molecule has 0 spiro atoms. The van der Waals surface area contributed by atoms with Gasteiger partial charge in [-0.05, 0) is 60.5 Å². The van der Waals surface area contributed by atoms with E-state index in [0.29, 0.717) is 34.2 Å². The molecule has 0 aliphatic carbocycles. The number of benzene rings is 2. The van der Waals surface area contributed by atoms with Crippen molar-refractivity contribution in [3.05, 3.63) is 109 Å². The highest BCUT2D eigenvalue weighted by atomic mass is 32.2. The molecule has 254 valence electrons. The quantitative estimate of drug-likeness (QED) is 0.276. The van der Waals surface area contributed by atoms with Gasteiger partial charge in [0.2, 0.25) is 0 Å². The van der Waals surface area contributed by atoms with Crippen LogP contribution in [-0.4, -0.2) is 63.3 Å². The molecule has 2 N–H and O–H groups in total. The number of imide groups is 1. The molecule has 0 bridgehead atoms. The topological polar surface area (TPSA) is 176 Å². The SMILES string of the molecule is Cc1cc2c(cc1C)N(C)C(=C/C(c1ccccc1)=c1/s/c(=c3/s/c(=C4/SC(=O)N(C)C4=O)n(CC(=O)O)c3=O)n(CS(=O)(=O)O)c1=O)S2. The molecule has 0 unspecified atom stereocenters.